The summed E-state index contributed by atoms with van der Waals surface area (Å²) in [6, 6.07) is 9.12. The number of fused-ring (bicyclic) bond motifs is 1. The van der Waals surface area contributed by atoms with E-state index in [1.54, 1.807) is 29.5 Å². The Kier molecular flexibility index (Phi) is 4.56. The molecule has 4 rings (SSSR count). The molecule has 0 aliphatic carbocycles. The van der Waals surface area contributed by atoms with E-state index in [1.165, 1.54) is 16.6 Å². The molecule has 0 atom stereocenters. The van der Waals surface area contributed by atoms with Crippen LogP contribution in [0.5, 0.6) is 0 Å². The molecule has 3 aromatic heterocycles. The fraction of sp³-hybridized carbons (Fsp3) is 0.125. The lowest BCUT2D eigenvalue weighted by Crippen LogP contribution is -2.11. The van der Waals surface area contributed by atoms with E-state index >= 15 is 0 Å². The van der Waals surface area contributed by atoms with Crippen molar-refractivity contribution >= 4 is 45.6 Å². The van der Waals surface area contributed by atoms with Crippen LogP contribution in [0.2, 0.25) is 5.02 Å². The predicted molar refractivity (Wildman–Crippen MR) is 100 cm³/mol. The normalized spacial score (nSPS) is 11.2. The second kappa shape index (κ2) is 6.99. The molecule has 0 aliphatic heterocycles. The number of hydrogen-bond donors (Lipinski definition) is 2. The van der Waals surface area contributed by atoms with E-state index in [-0.39, 0.29) is 5.56 Å². The van der Waals surface area contributed by atoms with Crippen molar-refractivity contribution in [1.82, 2.24) is 25.1 Å². The van der Waals surface area contributed by atoms with Gasteiger partial charge in [0.05, 0.1) is 16.7 Å². The van der Waals surface area contributed by atoms with E-state index in [9.17, 15) is 4.79 Å². The molecule has 0 spiro atoms. The lowest BCUT2D eigenvalue weighted by atomic mass is 10.2. The number of aromatic amines is 2. The van der Waals surface area contributed by atoms with Gasteiger partial charge in [0.15, 0.2) is 0 Å². The second-order valence-electron chi connectivity index (χ2n) is 5.28. The van der Waals surface area contributed by atoms with Gasteiger partial charge in [-0.3, -0.25) is 9.89 Å². The molecule has 3 heterocycles. The number of benzene rings is 1. The topological polar surface area (TPSA) is 87.3 Å². The summed E-state index contributed by atoms with van der Waals surface area (Å²) in [7, 11) is 0. The van der Waals surface area contributed by atoms with Gasteiger partial charge >= 0.3 is 0 Å². The molecule has 0 saturated heterocycles. The maximum Gasteiger partial charge on any atom is 0.258 e. The molecule has 2 N–H and O–H groups in total. The van der Waals surface area contributed by atoms with Gasteiger partial charge in [-0.25, -0.2) is 9.97 Å². The van der Waals surface area contributed by atoms with Gasteiger partial charge in [-0.15, -0.1) is 16.4 Å². The minimum absolute atomic E-state index is 0.175. The minimum Gasteiger partial charge on any atom is -0.309 e. The van der Waals surface area contributed by atoms with Crippen molar-refractivity contribution in [3.05, 3.63) is 67.6 Å². The van der Waals surface area contributed by atoms with Gasteiger partial charge in [-0.1, -0.05) is 29.4 Å². The van der Waals surface area contributed by atoms with E-state index in [4.69, 9.17) is 11.6 Å². The predicted octanol–water partition coefficient (Wildman–Crippen LogP) is 3.64. The Bertz CT molecular complexity index is 1070. The monoisotopic (exact) mass is 389 g/mol. The summed E-state index contributed by atoms with van der Waals surface area (Å²) in [5.74, 6) is 1.85. The molecule has 0 bridgehead atoms. The van der Waals surface area contributed by atoms with E-state index in [0.29, 0.717) is 32.7 Å². The highest BCUT2D eigenvalue weighted by Crippen LogP contribution is 2.20. The maximum atomic E-state index is 12.1. The average Bonchev–Trinajstić information content (AvgIpc) is 3.25. The zero-order valence-corrected chi connectivity index (χ0v) is 15.2. The number of thioether (sulfide) groups is 1. The molecule has 0 unspecified atom stereocenters. The van der Waals surface area contributed by atoms with Gasteiger partial charge in [-0.05, 0) is 29.6 Å². The Morgan fingerprint density at radius 3 is 2.96 bits per heavy atom. The minimum atomic E-state index is -0.175. The van der Waals surface area contributed by atoms with Gasteiger partial charge in [0, 0.05) is 16.3 Å². The van der Waals surface area contributed by atoms with Crippen LogP contribution >= 0.6 is 34.7 Å². The average molecular weight is 390 g/mol. The van der Waals surface area contributed by atoms with Crippen LogP contribution in [0.4, 0.5) is 0 Å². The summed E-state index contributed by atoms with van der Waals surface area (Å²) in [6.45, 7) is 0. The summed E-state index contributed by atoms with van der Waals surface area (Å²) < 4.78 is 0. The number of hydrogen-bond acceptors (Lipinski definition) is 6. The number of thiophene rings is 1. The molecule has 0 amide bonds. The van der Waals surface area contributed by atoms with Gasteiger partial charge in [0.1, 0.15) is 11.6 Å². The third-order valence-corrected chi connectivity index (χ3v) is 5.46. The van der Waals surface area contributed by atoms with Crippen molar-refractivity contribution in [2.45, 2.75) is 17.3 Å². The van der Waals surface area contributed by atoms with Crippen molar-refractivity contribution in [3.63, 3.8) is 0 Å². The van der Waals surface area contributed by atoms with Crippen LogP contribution in [0, 0.1) is 0 Å². The van der Waals surface area contributed by atoms with Crippen LogP contribution in [0.3, 0.4) is 0 Å². The smallest absolute Gasteiger partial charge is 0.258 e. The first-order chi connectivity index (χ1) is 12.2. The molecule has 1 aromatic carbocycles. The van der Waals surface area contributed by atoms with Crippen molar-refractivity contribution < 1.29 is 0 Å². The zero-order valence-electron chi connectivity index (χ0n) is 12.8. The first-order valence-corrected chi connectivity index (χ1v) is 9.66. The molecule has 0 fully saturated rings. The first kappa shape index (κ1) is 16.3. The second-order valence-corrected chi connectivity index (χ2v) is 7.69. The molecule has 9 heteroatoms. The fourth-order valence-electron chi connectivity index (χ4n) is 2.36. The van der Waals surface area contributed by atoms with Crippen molar-refractivity contribution in [1.29, 1.82) is 0 Å². The Hall–Kier alpha value is -2.16. The van der Waals surface area contributed by atoms with Gasteiger partial charge in [-0.2, -0.15) is 0 Å². The largest absolute Gasteiger partial charge is 0.309 e. The molecular weight excluding hydrogens is 378 g/mol. The molecule has 0 aliphatic rings. The molecule has 25 heavy (non-hydrogen) atoms. The van der Waals surface area contributed by atoms with Crippen molar-refractivity contribution in [2.24, 2.45) is 0 Å². The first-order valence-electron chi connectivity index (χ1n) is 7.42. The Balaban J connectivity index is 1.49. The van der Waals surface area contributed by atoms with Crippen molar-refractivity contribution in [2.75, 3.05) is 0 Å². The maximum absolute atomic E-state index is 12.1. The third-order valence-electron chi connectivity index (χ3n) is 3.49. The number of rotatable bonds is 5. The molecule has 0 saturated carbocycles. The molecular formula is C16H12ClN5OS2. The van der Waals surface area contributed by atoms with E-state index in [2.05, 4.69) is 31.2 Å². The summed E-state index contributed by atoms with van der Waals surface area (Å²) in [6.07, 6.45) is 0.731. The highest BCUT2D eigenvalue weighted by Gasteiger charge is 2.09. The van der Waals surface area contributed by atoms with Crippen LogP contribution in [-0.2, 0) is 12.2 Å². The Morgan fingerprint density at radius 1 is 1.20 bits per heavy atom. The fourth-order valence-corrected chi connectivity index (χ4v) is 3.92. The molecule has 4 aromatic rings. The van der Waals surface area contributed by atoms with Gasteiger partial charge in [0.2, 0.25) is 5.16 Å². The quantitative estimate of drug-likeness (QED) is 0.509. The SMILES string of the molecule is O=c1[nH]c(CSc2n[nH]c(Cc3cccs3)n2)nc2cc(Cl)ccc12. The van der Waals surface area contributed by atoms with Gasteiger partial charge < -0.3 is 4.98 Å². The van der Waals surface area contributed by atoms with Gasteiger partial charge in [0.25, 0.3) is 5.56 Å². The van der Waals surface area contributed by atoms with Crippen LogP contribution in [0.25, 0.3) is 10.9 Å². The van der Waals surface area contributed by atoms with E-state index in [1.807, 2.05) is 11.4 Å². The highest BCUT2D eigenvalue weighted by atomic mass is 35.5. The number of H-pyrrole nitrogens is 2. The standard InChI is InChI=1S/C16H12ClN5OS2/c17-9-3-4-11-12(6-9)18-14(19-15(11)23)8-25-16-20-13(21-22-16)7-10-2-1-5-24-10/h1-6H,7-8H2,(H,18,19,23)(H,20,21,22). The van der Waals surface area contributed by atoms with Crippen molar-refractivity contribution in [3.8, 4) is 0 Å². The number of aromatic nitrogens is 5. The molecule has 0 radical (unpaired) electrons. The lowest BCUT2D eigenvalue weighted by molar-refractivity contribution is 0.956. The van der Waals surface area contributed by atoms with Crippen LogP contribution in [-0.4, -0.2) is 25.1 Å². The van der Waals surface area contributed by atoms with E-state index in [0.717, 1.165) is 12.2 Å². The van der Waals surface area contributed by atoms with Crippen LogP contribution < -0.4 is 5.56 Å². The van der Waals surface area contributed by atoms with Crippen LogP contribution in [0.1, 0.15) is 16.5 Å². The zero-order chi connectivity index (χ0) is 17.2. The number of nitrogens with zero attached hydrogens (tertiary/aromatic N) is 3. The molecule has 6 nitrogen and oxygen atoms in total. The Morgan fingerprint density at radius 2 is 2.12 bits per heavy atom. The number of nitrogens with one attached hydrogen (secondary N) is 2. The summed E-state index contributed by atoms with van der Waals surface area (Å²) >= 11 is 9.08. The van der Waals surface area contributed by atoms with E-state index < -0.39 is 0 Å². The highest BCUT2D eigenvalue weighted by molar-refractivity contribution is 7.98. The molecule has 126 valence electrons. The van der Waals surface area contributed by atoms with Crippen LogP contribution in [0.15, 0.2) is 45.7 Å². The summed E-state index contributed by atoms with van der Waals surface area (Å²) in [4.78, 5) is 25.1. The summed E-state index contributed by atoms with van der Waals surface area (Å²) in [5, 5.41) is 10.9. The third kappa shape index (κ3) is 3.76. The number of halogens is 1. The summed E-state index contributed by atoms with van der Waals surface area (Å²) in [5.41, 5.74) is 0.408. The Labute approximate surface area is 155 Å². The lowest BCUT2D eigenvalue weighted by Gasteiger charge is -2.02.